The first-order valence-corrected chi connectivity index (χ1v) is 17.0. The average molecular weight is 660 g/mol. The van der Waals surface area contributed by atoms with Crippen LogP contribution in [0.3, 0.4) is 0 Å². The normalized spacial score (nSPS) is 19.6. The third-order valence-electron chi connectivity index (χ3n) is 9.78. The van der Waals surface area contributed by atoms with E-state index in [0.717, 1.165) is 28.7 Å². The number of hydrogen-bond acceptors (Lipinski definition) is 5. The Morgan fingerprint density at radius 2 is 1.66 bits per heavy atom. The molecule has 3 aromatic rings. The van der Waals surface area contributed by atoms with Crippen LogP contribution in [0.5, 0.6) is 5.75 Å². The summed E-state index contributed by atoms with van der Waals surface area (Å²) in [7, 11) is 1.62. The minimum Gasteiger partial charge on any atom is -0.497 e. The third kappa shape index (κ3) is 6.76. The van der Waals surface area contributed by atoms with Crippen molar-refractivity contribution >= 4 is 35.0 Å². The molecule has 2 aliphatic rings. The number of amides is 3. The standard InChI is InChI=1S/C38H46ClN3O5/c1-7-25(3)47-38(31-11-13-32(39)14-12-31)35-18-17-34(46-6)23-30(35)24-36(44)42(38)33-15-9-28(10-16-33)26(4)41(8-2)37(45)29-19-21-40(22-20-29)27(5)43/h9-18,23,25-26,29H,7-8,19-22,24H2,1-6H3/t25-,26?,38?/m1/s1. The zero-order chi connectivity index (χ0) is 33.9. The Kier molecular flexibility index (Phi) is 10.6. The fraction of sp³-hybridized carbons (Fsp3) is 0.447. The van der Waals surface area contributed by atoms with E-state index in [-0.39, 0.29) is 42.2 Å². The number of benzene rings is 3. The van der Waals surface area contributed by atoms with Gasteiger partial charge in [-0.15, -0.1) is 0 Å². The molecule has 5 rings (SSSR count). The van der Waals surface area contributed by atoms with Gasteiger partial charge < -0.3 is 19.3 Å². The zero-order valence-electron chi connectivity index (χ0n) is 28.3. The van der Waals surface area contributed by atoms with E-state index in [1.54, 1.807) is 18.9 Å². The molecule has 2 unspecified atom stereocenters. The number of halogens is 1. The molecule has 0 radical (unpaired) electrons. The van der Waals surface area contributed by atoms with Gasteiger partial charge in [0.25, 0.3) is 0 Å². The summed E-state index contributed by atoms with van der Waals surface area (Å²) in [4.78, 5) is 45.3. The molecule has 0 aliphatic carbocycles. The van der Waals surface area contributed by atoms with Crippen LogP contribution in [-0.4, -0.2) is 60.4 Å². The Hall–Kier alpha value is -3.88. The minimum atomic E-state index is -1.26. The number of methoxy groups -OCH3 is 1. The van der Waals surface area contributed by atoms with E-state index in [0.29, 0.717) is 48.9 Å². The highest BCUT2D eigenvalue weighted by Gasteiger charge is 2.50. The molecule has 47 heavy (non-hydrogen) atoms. The zero-order valence-corrected chi connectivity index (χ0v) is 29.0. The summed E-state index contributed by atoms with van der Waals surface area (Å²) in [6.07, 6.45) is 2.10. The van der Waals surface area contributed by atoms with Crippen molar-refractivity contribution in [2.45, 2.75) is 78.2 Å². The number of carbonyl (C=O) groups excluding carboxylic acids is 3. The number of hydrogen-bond donors (Lipinski definition) is 0. The van der Waals surface area contributed by atoms with Crippen LogP contribution in [0.1, 0.15) is 82.2 Å². The van der Waals surface area contributed by atoms with Crippen LogP contribution in [0, 0.1) is 5.92 Å². The van der Waals surface area contributed by atoms with E-state index in [1.807, 2.05) is 97.3 Å². The van der Waals surface area contributed by atoms with Crippen molar-refractivity contribution in [1.29, 1.82) is 0 Å². The highest BCUT2D eigenvalue weighted by molar-refractivity contribution is 6.30. The van der Waals surface area contributed by atoms with Crippen molar-refractivity contribution in [2.75, 3.05) is 31.6 Å². The Morgan fingerprint density at radius 3 is 2.23 bits per heavy atom. The molecular formula is C38H46ClN3O5. The van der Waals surface area contributed by atoms with Gasteiger partial charge in [0.15, 0.2) is 0 Å². The Morgan fingerprint density at radius 1 is 1.00 bits per heavy atom. The topological polar surface area (TPSA) is 79.4 Å². The molecule has 0 spiro atoms. The van der Waals surface area contributed by atoms with Crippen molar-refractivity contribution in [3.63, 3.8) is 0 Å². The molecule has 1 saturated heterocycles. The second kappa shape index (κ2) is 14.5. The molecule has 1 fully saturated rings. The van der Waals surface area contributed by atoms with Gasteiger partial charge in [-0.2, -0.15) is 0 Å². The quantitative estimate of drug-likeness (QED) is 0.232. The molecule has 0 N–H and O–H groups in total. The van der Waals surface area contributed by atoms with Crippen molar-refractivity contribution < 1.29 is 23.9 Å². The SMILES string of the molecule is CC[C@@H](C)OC1(c2ccc(Cl)cc2)c2ccc(OC)cc2CC(=O)N1c1ccc(C(C)N(CC)C(=O)C2CCN(C(C)=O)CC2)cc1. The molecule has 3 amide bonds. The number of ether oxygens (including phenoxy) is 2. The van der Waals surface area contributed by atoms with Crippen LogP contribution in [-0.2, 0) is 31.3 Å². The van der Waals surface area contributed by atoms with Gasteiger partial charge in [0.2, 0.25) is 23.4 Å². The Labute approximate surface area is 283 Å². The first-order valence-electron chi connectivity index (χ1n) is 16.6. The Balaban J connectivity index is 1.53. The summed E-state index contributed by atoms with van der Waals surface area (Å²) >= 11 is 6.34. The first kappa shape index (κ1) is 34.5. The highest BCUT2D eigenvalue weighted by Crippen LogP contribution is 2.47. The number of rotatable bonds is 10. The largest absolute Gasteiger partial charge is 0.497 e. The van der Waals surface area contributed by atoms with Crippen LogP contribution in [0.4, 0.5) is 5.69 Å². The molecule has 3 aromatic carbocycles. The summed E-state index contributed by atoms with van der Waals surface area (Å²) < 4.78 is 12.5. The predicted molar refractivity (Wildman–Crippen MR) is 184 cm³/mol. The van der Waals surface area contributed by atoms with Crippen molar-refractivity contribution in [1.82, 2.24) is 9.80 Å². The van der Waals surface area contributed by atoms with E-state index in [2.05, 4.69) is 6.92 Å². The summed E-state index contributed by atoms with van der Waals surface area (Å²) in [6, 6.07) is 21.0. The summed E-state index contributed by atoms with van der Waals surface area (Å²) in [5, 5.41) is 0.592. The molecule has 250 valence electrons. The van der Waals surface area contributed by atoms with E-state index < -0.39 is 5.72 Å². The fourth-order valence-corrected chi connectivity index (χ4v) is 7.06. The van der Waals surface area contributed by atoms with Gasteiger partial charge in [0.1, 0.15) is 5.75 Å². The van der Waals surface area contributed by atoms with E-state index in [1.165, 1.54) is 0 Å². The number of likely N-dealkylation sites (tertiary alicyclic amines) is 1. The van der Waals surface area contributed by atoms with Gasteiger partial charge in [-0.1, -0.05) is 42.8 Å². The number of anilines is 1. The lowest BCUT2D eigenvalue weighted by Gasteiger charge is -2.49. The van der Waals surface area contributed by atoms with Gasteiger partial charge in [-0.25, -0.2) is 0 Å². The van der Waals surface area contributed by atoms with E-state index >= 15 is 0 Å². The third-order valence-corrected chi connectivity index (χ3v) is 10.0. The molecule has 0 saturated carbocycles. The van der Waals surface area contributed by atoms with Crippen LogP contribution in [0.15, 0.2) is 66.7 Å². The van der Waals surface area contributed by atoms with Gasteiger partial charge >= 0.3 is 0 Å². The van der Waals surface area contributed by atoms with Crippen LogP contribution in [0.25, 0.3) is 0 Å². The smallest absolute Gasteiger partial charge is 0.234 e. The van der Waals surface area contributed by atoms with Crippen molar-refractivity contribution in [3.05, 3.63) is 94.0 Å². The average Bonchev–Trinajstić information content (AvgIpc) is 3.08. The maximum Gasteiger partial charge on any atom is 0.234 e. The second-order valence-corrected chi connectivity index (χ2v) is 13.0. The maximum atomic E-state index is 14.3. The number of fused-ring (bicyclic) bond motifs is 1. The lowest BCUT2D eigenvalue weighted by atomic mass is 9.83. The molecule has 2 heterocycles. The molecule has 2 aliphatic heterocycles. The monoisotopic (exact) mass is 659 g/mol. The molecule has 0 bridgehead atoms. The molecule has 0 aromatic heterocycles. The van der Waals surface area contributed by atoms with E-state index in [4.69, 9.17) is 21.1 Å². The van der Waals surface area contributed by atoms with Crippen LogP contribution < -0.4 is 9.64 Å². The molecular weight excluding hydrogens is 614 g/mol. The summed E-state index contributed by atoms with van der Waals surface area (Å²) in [5.74, 6) is 0.647. The number of nitrogens with zero attached hydrogens (tertiary/aromatic N) is 3. The lowest BCUT2D eigenvalue weighted by Crippen LogP contribution is -2.57. The molecule has 9 heteroatoms. The Bertz CT molecular complexity index is 1590. The van der Waals surface area contributed by atoms with Gasteiger partial charge in [0, 0.05) is 54.3 Å². The predicted octanol–water partition coefficient (Wildman–Crippen LogP) is 7.12. The van der Waals surface area contributed by atoms with Crippen molar-refractivity contribution in [3.8, 4) is 5.75 Å². The number of carbonyl (C=O) groups is 3. The molecule has 3 atom stereocenters. The van der Waals surface area contributed by atoms with Crippen LogP contribution in [0.2, 0.25) is 5.02 Å². The van der Waals surface area contributed by atoms with Gasteiger partial charge in [-0.05, 0) is 93.6 Å². The molecule has 8 nitrogen and oxygen atoms in total. The van der Waals surface area contributed by atoms with E-state index in [9.17, 15) is 14.4 Å². The fourth-order valence-electron chi connectivity index (χ4n) is 6.94. The number of piperidine rings is 1. The summed E-state index contributed by atoms with van der Waals surface area (Å²) in [6.45, 7) is 11.5. The second-order valence-electron chi connectivity index (χ2n) is 12.6. The maximum absolute atomic E-state index is 14.3. The van der Waals surface area contributed by atoms with Gasteiger partial charge in [-0.3, -0.25) is 19.3 Å². The highest BCUT2D eigenvalue weighted by atomic mass is 35.5. The van der Waals surface area contributed by atoms with Gasteiger partial charge in [0.05, 0.1) is 25.7 Å². The minimum absolute atomic E-state index is 0.0572. The van der Waals surface area contributed by atoms with Crippen molar-refractivity contribution in [2.24, 2.45) is 5.92 Å². The van der Waals surface area contributed by atoms with Crippen LogP contribution >= 0.6 is 11.6 Å². The first-order chi connectivity index (χ1) is 22.5. The summed E-state index contributed by atoms with van der Waals surface area (Å²) in [5.41, 5.74) is 2.91. The lowest BCUT2D eigenvalue weighted by molar-refractivity contribution is -0.141.